The average molecular weight is 376 g/mol. The van der Waals surface area contributed by atoms with Crippen LogP contribution in [0.5, 0.6) is 5.75 Å². The molecule has 3 aromatic rings. The van der Waals surface area contributed by atoms with Gasteiger partial charge in [0, 0.05) is 17.4 Å². The van der Waals surface area contributed by atoms with Crippen molar-refractivity contribution in [3.8, 4) is 17.0 Å². The summed E-state index contributed by atoms with van der Waals surface area (Å²) < 4.78 is 41.4. The zero-order valence-electron chi connectivity index (χ0n) is 14.0. The van der Waals surface area contributed by atoms with Crippen LogP contribution in [0.2, 0.25) is 0 Å². The van der Waals surface area contributed by atoms with Crippen LogP contribution >= 0.6 is 0 Å². The van der Waals surface area contributed by atoms with Gasteiger partial charge < -0.3 is 4.74 Å². The van der Waals surface area contributed by atoms with E-state index in [1.807, 2.05) is 12.1 Å². The van der Waals surface area contributed by atoms with Gasteiger partial charge in [0.2, 0.25) is 5.91 Å². The number of carbonyl (C=O) groups is 1. The highest BCUT2D eigenvalue weighted by molar-refractivity contribution is 5.86. The normalized spacial score (nSPS) is 11.4. The van der Waals surface area contributed by atoms with Crippen LogP contribution in [0.1, 0.15) is 12.0 Å². The molecule has 5 nitrogen and oxygen atoms in total. The number of rotatable bonds is 5. The number of ether oxygens (including phenoxy) is 1. The lowest BCUT2D eigenvalue weighted by Crippen LogP contribution is -2.18. The zero-order chi connectivity index (χ0) is 19.4. The molecule has 0 aliphatic carbocycles. The van der Waals surface area contributed by atoms with Crippen LogP contribution in [-0.2, 0) is 11.2 Å². The van der Waals surface area contributed by atoms with Gasteiger partial charge in [-0.3, -0.25) is 10.0 Å². The van der Waals surface area contributed by atoms with Crippen molar-refractivity contribution in [2.24, 2.45) is 0 Å². The van der Waals surface area contributed by atoms with Gasteiger partial charge in [0.1, 0.15) is 5.75 Å². The fourth-order valence-corrected chi connectivity index (χ4v) is 2.76. The molecule has 0 atom stereocenters. The molecule has 2 aromatic carbocycles. The first-order valence-corrected chi connectivity index (χ1v) is 8.03. The van der Waals surface area contributed by atoms with Crippen LogP contribution in [0.25, 0.3) is 22.2 Å². The Morgan fingerprint density at radius 2 is 1.89 bits per heavy atom. The molecular formula is C19H15F3N2O3. The Bertz CT molecular complexity index is 974. The smallest absolute Gasteiger partial charge is 0.406 e. The van der Waals surface area contributed by atoms with Crippen molar-refractivity contribution in [2.75, 3.05) is 0 Å². The SMILES string of the molecule is O=C(CCc1cc(-c2cccc(OC(F)(F)F)c2)nc2ccccc12)NO. The quantitative estimate of drug-likeness (QED) is 0.516. The summed E-state index contributed by atoms with van der Waals surface area (Å²) in [6, 6.07) is 14.5. The Kier molecular flexibility index (Phi) is 5.27. The summed E-state index contributed by atoms with van der Waals surface area (Å²) in [4.78, 5) is 15.9. The lowest BCUT2D eigenvalue weighted by Gasteiger charge is -2.12. The van der Waals surface area contributed by atoms with E-state index in [9.17, 15) is 18.0 Å². The maximum atomic E-state index is 12.5. The number of aryl methyl sites for hydroxylation is 1. The van der Waals surface area contributed by atoms with Crippen LogP contribution in [0, 0.1) is 0 Å². The number of fused-ring (bicyclic) bond motifs is 1. The van der Waals surface area contributed by atoms with Crippen LogP contribution in [0.3, 0.4) is 0 Å². The minimum absolute atomic E-state index is 0.0567. The molecule has 27 heavy (non-hydrogen) atoms. The topological polar surface area (TPSA) is 71.5 Å². The molecule has 1 heterocycles. The number of carbonyl (C=O) groups excluding carboxylic acids is 1. The summed E-state index contributed by atoms with van der Waals surface area (Å²) in [5.74, 6) is -0.866. The van der Waals surface area contributed by atoms with Crippen molar-refractivity contribution < 1.29 is 27.9 Å². The summed E-state index contributed by atoms with van der Waals surface area (Å²) in [5.41, 5.74) is 3.94. The minimum atomic E-state index is -4.78. The molecule has 1 amide bonds. The lowest BCUT2D eigenvalue weighted by atomic mass is 10.0. The summed E-state index contributed by atoms with van der Waals surface area (Å²) in [5, 5.41) is 9.49. The molecule has 1 aromatic heterocycles. The third kappa shape index (κ3) is 4.73. The monoisotopic (exact) mass is 376 g/mol. The number of aromatic nitrogens is 1. The maximum absolute atomic E-state index is 12.5. The zero-order valence-corrected chi connectivity index (χ0v) is 14.0. The summed E-state index contributed by atoms with van der Waals surface area (Å²) >= 11 is 0. The molecule has 0 fully saturated rings. The van der Waals surface area contributed by atoms with Gasteiger partial charge >= 0.3 is 6.36 Å². The maximum Gasteiger partial charge on any atom is 0.573 e. The number of para-hydroxylation sites is 1. The Labute approximate surface area is 152 Å². The molecule has 0 radical (unpaired) electrons. The predicted molar refractivity (Wildman–Crippen MR) is 92.1 cm³/mol. The molecule has 140 valence electrons. The Balaban J connectivity index is 2.02. The summed E-state index contributed by atoms with van der Waals surface area (Å²) in [7, 11) is 0. The van der Waals surface area contributed by atoms with Gasteiger partial charge in [-0.25, -0.2) is 10.5 Å². The second-order valence-electron chi connectivity index (χ2n) is 5.79. The molecule has 2 N–H and O–H groups in total. The Morgan fingerprint density at radius 1 is 1.11 bits per heavy atom. The average Bonchev–Trinajstić information content (AvgIpc) is 2.64. The predicted octanol–water partition coefficient (Wildman–Crippen LogP) is 4.24. The van der Waals surface area contributed by atoms with Crippen LogP contribution < -0.4 is 10.2 Å². The van der Waals surface area contributed by atoms with Gasteiger partial charge in [0.25, 0.3) is 0 Å². The van der Waals surface area contributed by atoms with Gasteiger partial charge in [-0.1, -0.05) is 30.3 Å². The van der Waals surface area contributed by atoms with Gasteiger partial charge in [0.15, 0.2) is 0 Å². The van der Waals surface area contributed by atoms with E-state index in [-0.39, 0.29) is 12.2 Å². The fourth-order valence-electron chi connectivity index (χ4n) is 2.76. The van der Waals surface area contributed by atoms with E-state index in [0.29, 0.717) is 23.2 Å². The number of hydrogen-bond donors (Lipinski definition) is 2. The highest BCUT2D eigenvalue weighted by Crippen LogP contribution is 2.30. The second kappa shape index (κ2) is 7.63. The fraction of sp³-hybridized carbons (Fsp3) is 0.158. The van der Waals surface area contributed by atoms with Gasteiger partial charge in [-0.15, -0.1) is 13.2 Å². The van der Waals surface area contributed by atoms with Gasteiger partial charge in [0.05, 0.1) is 11.2 Å². The number of pyridine rings is 1. The van der Waals surface area contributed by atoms with Crippen molar-refractivity contribution in [1.29, 1.82) is 0 Å². The summed E-state index contributed by atoms with van der Waals surface area (Å²) in [6.07, 6.45) is -4.39. The van der Waals surface area contributed by atoms with Gasteiger partial charge in [-0.2, -0.15) is 0 Å². The van der Waals surface area contributed by atoms with Crippen LogP contribution in [-0.4, -0.2) is 22.5 Å². The van der Waals surface area contributed by atoms with Crippen LogP contribution in [0.15, 0.2) is 54.6 Å². The molecule has 8 heteroatoms. The molecule has 0 unspecified atom stereocenters. The number of nitrogens with zero attached hydrogens (tertiary/aromatic N) is 1. The van der Waals surface area contributed by atoms with Crippen molar-refractivity contribution in [3.63, 3.8) is 0 Å². The van der Waals surface area contributed by atoms with E-state index in [1.54, 1.807) is 29.7 Å². The molecule has 0 bridgehead atoms. The molecule has 0 spiro atoms. The highest BCUT2D eigenvalue weighted by atomic mass is 19.4. The summed E-state index contributed by atoms with van der Waals surface area (Å²) in [6.45, 7) is 0. The molecule has 0 saturated carbocycles. The molecular weight excluding hydrogens is 361 g/mol. The number of hydroxylamine groups is 1. The van der Waals surface area contributed by atoms with E-state index in [4.69, 9.17) is 5.21 Å². The number of benzene rings is 2. The largest absolute Gasteiger partial charge is 0.573 e. The first kappa shape index (κ1) is 18.7. The number of alkyl halides is 3. The Morgan fingerprint density at radius 3 is 2.63 bits per heavy atom. The third-order valence-corrected chi connectivity index (χ3v) is 3.91. The number of hydrogen-bond acceptors (Lipinski definition) is 4. The number of halogens is 3. The lowest BCUT2D eigenvalue weighted by molar-refractivity contribution is -0.274. The molecule has 3 rings (SSSR count). The Hall–Kier alpha value is -3.13. The standard InChI is InChI=1S/C19H15F3N2O3/c20-19(21,22)27-14-5-3-4-13(10-14)17-11-12(8-9-18(25)24-26)15-6-1-2-7-16(15)23-17/h1-7,10-11,26H,8-9H2,(H,24,25). The molecule has 0 saturated heterocycles. The first-order valence-electron chi connectivity index (χ1n) is 8.03. The highest BCUT2D eigenvalue weighted by Gasteiger charge is 2.31. The second-order valence-corrected chi connectivity index (χ2v) is 5.79. The molecule has 0 aliphatic rings. The van der Waals surface area contributed by atoms with Crippen molar-refractivity contribution in [3.05, 3.63) is 60.2 Å². The van der Waals surface area contributed by atoms with E-state index >= 15 is 0 Å². The third-order valence-electron chi connectivity index (χ3n) is 3.91. The van der Waals surface area contributed by atoms with Crippen LogP contribution in [0.4, 0.5) is 13.2 Å². The van der Waals surface area contributed by atoms with Crippen molar-refractivity contribution >= 4 is 16.8 Å². The van der Waals surface area contributed by atoms with Crippen molar-refractivity contribution in [2.45, 2.75) is 19.2 Å². The van der Waals surface area contributed by atoms with Crippen molar-refractivity contribution in [1.82, 2.24) is 10.5 Å². The number of nitrogens with one attached hydrogen (secondary N) is 1. The van der Waals surface area contributed by atoms with Gasteiger partial charge in [-0.05, 0) is 36.2 Å². The first-order chi connectivity index (χ1) is 12.9. The number of amides is 1. The minimum Gasteiger partial charge on any atom is -0.406 e. The van der Waals surface area contributed by atoms with E-state index in [0.717, 1.165) is 10.9 Å². The molecule has 0 aliphatic heterocycles. The van der Waals surface area contributed by atoms with E-state index in [1.165, 1.54) is 18.2 Å². The van der Waals surface area contributed by atoms with E-state index < -0.39 is 12.3 Å². The van der Waals surface area contributed by atoms with E-state index in [2.05, 4.69) is 9.72 Å².